The van der Waals surface area contributed by atoms with E-state index < -0.39 is 0 Å². The maximum absolute atomic E-state index is 5.74. The summed E-state index contributed by atoms with van der Waals surface area (Å²) in [5.74, 6) is 0.678. The lowest BCUT2D eigenvalue weighted by molar-refractivity contribution is 0.771. The van der Waals surface area contributed by atoms with Crippen LogP contribution < -0.4 is 0 Å². The first kappa shape index (κ1) is 9.08. The van der Waals surface area contributed by atoms with Crippen LogP contribution >= 0.6 is 11.6 Å². The third kappa shape index (κ3) is 1.58. The molecule has 2 aromatic heterocycles. The summed E-state index contributed by atoms with van der Waals surface area (Å²) in [6, 6.07) is 1.82. The summed E-state index contributed by atoms with van der Waals surface area (Å²) in [7, 11) is 1.80. The van der Waals surface area contributed by atoms with Crippen LogP contribution in [0.25, 0.3) is 11.5 Å². The smallest absolute Gasteiger partial charge is 0.223 e. The average molecular weight is 210 g/mol. The summed E-state index contributed by atoms with van der Waals surface area (Å²) < 4.78 is 1.64. The highest BCUT2D eigenvalue weighted by atomic mass is 35.5. The van der Waals surface area contributed by atoms with Gasteiger partial charge in [0.05, 0.1) is 0 Å². The first-order valence-electron chi connectivity index (χ1n) is 4.02. The van der Waals surface area contributed by atoms with Gasteiger partial charge in [0.15, 0.2) is 5.82 Å². The zero-order valence-corrected chi connectivity index (χ0v) is 8.52. The number of nitrogens with zero attached hydrogens (tertiary/aromatic N) is 5. The second kappa shape index (κ2) is 3.34. The van der Waals surface area contributed by atoms with E-state index >= 15 is 0 Å². The highest BCUT2D eigenvalue weighted by Crippen LogP contribution is 2.15. The normalized spacial score (nSPS) is 10.5. The van der Waals surface area contributed by atoms with Crippen LogP contribution in [0.3, 0.4) is 0 Å². The molecule has 0 fully saturated rings. The van der Waals surface area contributed by atoms with E-state index in [9.17, 15) is 0 Å². The van der Waals surface area contributed by atoms with Gasteiger partial charge in [0.2, 0.25) is 5.28 Å². The van der Waals surface area contributed by atoms with Crippen LogP contribution in [0.2, 0.25) is 5.28 Å². The predicted octanol–water partition coefficient (Wildman–Crippen LogP) is 1.23. The maximum atomic E-state index is 5.74. The SMILES string of the molecule is Cc1cc(-c2ncnn2C)nc(Cl)n1. The summed E-state index contributed by atoms with van der Waals surface area (Å²) in [5, 5.41) is 4.18. The highest BCUT2D eigenvalue weighted by molar-refractivity contribution is 6.28. The number of aryl methyl sites for hydroxylation is 2. The molecule has 0 spiro atoms. The van der Waals surface area contributed by atoms with Gasteiger partial charge in [0, 0.05) is 12.7 Å². The Hall–Kier alpha value is -1.49. The van der Waals surface area contributed by atoms with Crippen LogP contribution in [0, 0.1) is 6.92 Å². The van der Waals surface area contributed by atoms with Crippen molar-refractivity contribution in [1.29, 1.82) is 0 Å². The van der Waals surface area contributed by atoms with Gasteiger partial charge in [0.1, 0.15) is 12.0 Å². The molecule has 2 rings (SSSR count). The standard InChI is InChI=1S/C8H8ClN5/c1-5-3-6(13-8(9)12-5)7-10-4-11-14(7)2/h3-4H,1-2H3. The zero-order chi connectivity index (χ0) is 10.1. The van der Waals surface area contributed by atoms with Crippen LogP contribution in [0.4, 0.5) is 0 Å². The van der Waals surface area contributed by atoms with Gasteiger partial charge in [-0.2, -0.15) is 5.10 Å². The van der Waals surface area contributed by atoms with Gasteiger partial charge in [-0.05, 0) is 24.6 Å². The van der Waals surface area contributed by atoms with E-state index in [0.717, 1.165) is 5.69 Å². The van der Waals surface area contributed by atoms with Gasteiger partial charge in [0.25, 0.3) is 0 Å². The number of hydrogen-bond donors (Lipinski definition) is 0. The largest absolute Gasteiger partial charge is 0.248 e. The van der Waals surface area contributed by atoms with Gasteiger partial charge in [-0.25, -0.2) is 19.6 Å². The van der Waals surface area contributed by atoms with E-state index in [4.69, 9.17) is 11.6 Å². The van der Waals surface area contributed by atoms with E-state index in [-0.39, 0.29) is 5.28 Å². The van der Waals surface area contributed by atoms with Crippen molar-refractivity contribution in [2.24, 2.45) is 7.05 Å². The summed E-state index contributed by atoms with van der Waals surface area (Å²) >= 11 is 5.74. The molecule has 0 bridgehead atoms. The van der Waals surface area contributed by atoms with E-state index in [0.29, 0.717) is 11.5 Å². The van der Waals surface area contributed by atoms with Crippen LogP contribution in [0.15, 0.2) is 12.4 Å². The first-order chi connectivity index (χ1) is 6.66. The average Bonchev–Trinajstić information content (AvgIpc) is 2.49. The van der Waals surface area contributed by atoms with Crippen LogP contribution in [0.1, 0.15) is 5.69 Å². The Morgan fingerprint density at radius 3 is 2.71 bits per heavy atom. The minimum Gasteiger partial charge on any atom is -0.248 e. The molecule has 0 aromatic carbocycles. The molecule has 72 valence electrons. The van der Waals surface area contributed by atoms with Crippen molar-refractivity contribution in [2.75, 3.05) is 0 Å². The Morgan fingerprint density at radius 1 is 1.36 bits per heavy atom. The Kier molecular flexibility index (Phi) is 2.17. The Labute approximate surface area is 85.8 Å². The molecular formula is C8H8ClN5. The summed E-state index contributed by atoms with van der Waals surface area (Å²) in [6.45, 7) is 1.85. The van der Waals surface area contributed by atoms with Crippen molar-refractivity contribution >= 4 is 11.6 Å². The fraction of sp³-hybridized carbons (Fsp3) is 0.250. The molecule has 2 aromatic rings. The molecule has 6 heteroatoms. The first-order valence-corrected chi connectivity index (χ1v) is 4.40. The molecule has 0 aliphatic rings. The molecule has 0 atom stereocenters. The van der Waals surface area contributed by atoms with E-state index in [1.807, 2.05) is 13.0 Å². The lowest BCUT2D eigenvalue weighted by Gasteiger charge is -2.00. The maximum Gasteiger partial charge on any atom is 0.223 e. The van der Waals surface area contributed by atoms with Crippen molar-refractivity contribution in [3.63, 3.8) is 0 Å². The molecule has 0 amide bonds. The summed E-state index contributed by atoms with van der Waals surface area (Å²) in [5.41, 5.74) is 1.49. The third-order valence-electron chi connectivity index (χ3n) is 1.77. The van der Waals surface area contributed by atoms with Crippen LogP contribution in [0.5, 0.6) is 0 Å². The van der Waals surface area contributed by atoms with Gasteiger partial charge < -0.3 is 0 Å². The second-order valence-electron chi connectivity index (χ2n) is 2.87. The zero-order valence-electron chi connectivity index (χ0n) is 7.77. The number of halogens is 1. The Bertz CT molecular complexity index is 444. The summed E-state index contributed by atoms with van der Waals surface area (Å²) in [6.07, 6.45) is 1.47. The van der Waals surface area contributed by atoms with E-state index in [1.165, 1.54) is 6.33 Å². The molecule has 0 aliphatic heterocycles. The third-order valence-corrected chi connectivity index (χ3v) is 1.94. The van der Waals surface area contributed by atoms with Gasteiger partial charge in [-0.1, -0.05) is 0 Å². The highest BCUT2D eigenvalue weighted by Gasteiger charge is 2.07. The number of hydrogen-bond acceptors (Lipinski definition) is 4. The molecule has 0 aliphatic carbocycles. The van der Waals surface area contributed by atoms with E-state index in [1.54, 1.807) is 11.7 Å². The lowest BCUT2D eigenvalue weighted by Crippen LogP contribution is -1.98. The van der Waals surface area contributed by atoms with Gasteiger partial charge in [-0.15, -0.1) is 0 Å². The van der Waals surface area contributed by atoms with Gasteiger partial charge >= 0.3 is 0 Å². The molecule has 5 nitrogen and oxygen atoms in total. The number of rotatable bonds is 1. The molecule has 0 saturated heterocycles. The fourth-order valence-electron chi connectivity index (χ4n) is 1.17. The molecule has 0 saturated carbocycles. The molecular weight excluding hydrogens is 202 g/mol. The van der Waals surface area contributed by atoms with Crippen LogP contribution in [-0.2, 0) is 7.05 Å². The van der Waals surface area contributed by atoms with Gasteiger partial charge in [-0.3, -0.25) is 0 Å². The lowest BCUT2D eigenvalue weighted by atomic mass is 10.3. The second-order valence-corrected chi connectivity index (χ2v) is 3.21. The van der Waals surface area contributed by atoms with Crippen molar-refractivity contribution in [2.45, 2.75) is 6.92 Å². The molecule has 14 heavy (non-hydrogen) atoms. The predicted molar refractivity (Wildman–Crippen MR) is 51.8 cm³/mol. The van der Waals surface area contributed by atoms with Crippen molar-refractivity contribution in [3.05, 3.63) is 23.4 Å². The monoisotopic (exact) mass is 209 g/mol. The van der Waals surface area contributed by atoms with E-state index in [2.05, 4.69) is 20.1 Å². The minimum atomic E-state index is 0.225. The van der Waals surface area contributed by atoms with Crippen molar-refractivity contribution in [3.8, 4) is 11.5 Å². The Balaban J connectivity index is 2.57. The van der Waals surface area contributed by atoms with Crippen molar-refractivity contribution in [1.82, 2.24) is 24.7 Å². The molecule has 0 N–H and O–H groups in total. The molecule has 2 heterocycles. The quantitative estimate of drug-likeness (QED) is 0.663. The number of aromatic nitrogens is 5. The fourth-order valence-corrected chi connectivity index (χ4v) is 1.40. The summed E-state index contributed by atoms with van der Waals surface area (Å²) in [4.78, 5) is 12.1. The van der Waals surface area contributed by atoms with Crippen LogP contribution in [-0.4, -0.2) is 24.7 Å². The Morgan fingerprint density at radius 2 is 2.14 bits per heavy atom. The molecule has 0 unspecified atom stereocenters. The van der Waals surface area contributed by atoms with Crippen molar-refractivity contribution < 1.29 is 0 Å². The molecule has 0 radical (unpaired) electrons. The topological polar surface area (TPSA) is 56.5 Å². The minimum absolute atomic E-state index is 0.225.